The number of hydrogen-bond donors (Lipinski definition) is 1. The predicted octanol–water partition coefficient (Wildman–Crippen LogP) is 4.00. The van der Waals surface area contributed by atoms with Gasteiger partial charge in [0, 0.05) is 37.9 Å². The van der Waals surface area contributed by atoms with Gasteiger partial charge in [-0.1, -0.05) is 18.2 Å². The maximum absolute atomic E-state index is 13.5. The maximum Gasteiger partial charge on any atom is 0.142 e. The third kappa shape index (κ3) is 4.39. The van der Waals surface area contributed by atoms with Gasteiger partial charge in [-0.05, 0) is 37.3 Å². The summed E-state index contributed by atoms with van der Waals surface area (Å²) in [7, 11) is 1.70. The highest BCUT2D eigenvalue weighted by Crippen LogP contribution is 2.29. The molecule has 0 aliphatic carbocycles. The van der Waals surface area contributed by atoms with Crippen molar-refractivity contribution in [2.24, 2.45) is 0 Å². The number of halogens is 1. The Bertz CT molecular complexity index is 988. The molecule has 0 saturated carbocycles. The highest BCUT2D eigenvalue weighted by molar-refractivity contribution is 5.62. The van der Waals surface area contributed by atoms with Crippen molar-refractivity contribution in [3.63, 3.8) is 0 Å². The average Bonchev–Trinajstić information content (AvgIpc) is 2.73. The number of aromatic nitrogens is 2. The number of anilines is 4. The molecule has 0 unspecified atom stereocenters. The first-order valence-electron chi connectivity index (χ1n) is 9.63. The van der Waals surface area contributed by atoms with Crippen LogP contribution in [0.15, 0.2) is 54.6 Å². The van der Waals surface area contributed by atoms with Gasteiger partial charge in [-0.3, -0.25) is 0 Å². The molecule has 7 heteroatoms. The number of para-hydroxylation sites is 2. The molecule has 0 atom stereocenters. The Morgan fingerprint density at radius 3 is 2.45 bits per heavy atom. The molecule has 0 radical (unpaired) electrons. The van der Waals surface area contributed by atoms with Crippen LogP contribution in [0.4, 0.5) is 27.4 Å². The average molecular weight is 393 g/mol. The van der Waals surface area contributed by atoms with Crippen molar-refractivity contribution >= 4 is 23.0 Å². The molecule has 29 heavy (non-hydrogen) atoms. The van der Waals surface area contributed by atoms with Gasteiger partial charge in [0.25, 0.3) is 0 Å². The van der Waals surface area contributed by atoms with Gasteiger partial charge < -0.3 is 19.9 Å². The van der Waals surface area contributed by atoms with Gasteiger partial charge in [0.05, 0.1) is 12.8 Å². The number of hydrogen-bond acceptors (Lipinski definition) is 6. The predicted molar refractivity (Wildman–Crippen MR) is 114 cm³/mol. The molecule has 1 saturated heterocycles. The summed E-state index contributed by atoms with van der Waals surface area (Å²) in [4.78, 5) is 13.6. The summed E-state index contributed by atoms with van der Waals surface area (Å²) in [6.45, 7) is 5.29. The molecule has 0 amide bonds. The molecule has 2 heterocycles. The van der Waals surface area contributed by atoms with Crippen LogP contribution in [0.2, 0.25) is 0 Å². The van der Waals surface area contributed by atoms with Crippen molar-refractivity contribution in [1.29, 1.82) is 0 Å². The summed E-state index contributed by atoms with van der Waals surface area (Å²) in [5.41, 5.74) is 1.78. The standard InChI is InChI=1S/C22H24FN5O/c1-16-24-21(26-18-7-5-6-17(23)14-18)15-22(25-16)28-12-10-27(11-13-28)19-8-3-4-9-20(19)29-2/h3-9,14-15H,10-13H2,1-2H3,(H,24,25,26). The Balaban J connectivity index is 1.47. The van der Waals surface area contributed by atoms with Crippen LogP contribution in [0, 0.1) is 12.7 Å². The summed E-state index contributed by atoms with van der Waals surface area (Å²) in [6.07, 6.45) is 0. The summed E-state index contributed by atoms with van der Waals surface area (Å²) < 4.78 is 19.0. The van der Waals surface area contributed by atoms with E-state index >= 15 is 0 Å². The molecule has 6 nitrogen and oxygen atoms in total. The van der Waals surface area contributed by atoms with E-state index in [1.165, 1.54) is 12.1 Å². The Labute approximate surface area is 170 Å². The van der Waals surface area contributed by atoms with Gasteiger partial charge in [-0.15, -0.1) is 0 Å². The van der Waals surface area contributed by atoms with E-state index in [0.717, 1.165) is 43.4 Å². The number of ether oxygens (including phenoxy) is 1. The van der Waals surface area contributed by atoms with Crippen molar-refractivity contribution in [3.05, 3.63) is 66.2 Å². The molecular weight excluding hydrogens is 369 g/mol. The van der Waals surface area contributed by atoms with Crippen molar-refractivity contribution < 1.29 is 9.13 Å². The Morgan fingerprint density at radius 1 is 0.931 bits per heavy atom. The van der Waals surface area contributed by atoms with Crippen LogP contribution in [0.3, 0.4) is 0 Å². The van der Waals surface area contributed by atoms with E-state index in [1.54, 1.807) is 13.2 Å². The van der Waals surface area contributed by atoms with Gasteiger partial charge in [-0.2, -0.15) is 0 Å². The Hall–Kier alpha value is -3.35. The van der Waals surface area contributed by atoms with E-state index in [2.05, 4.69) is 31.2 Å². The molecule has 0 spiro atoms. The zero-order valence-corrected chi connectivity index (χ0v) is 16.6. The number of piperazine rings is 1. The smallest absolute Gasteiger partial charge is 0.142 e. The number of methoxy groups -OCH3 is 1. The lowest BCUT2D eigenvalue weighted by Crippen LogP contribution is -2.47. The van der Waals surface area contributed by atoms with E-state index in [9.17, 15) is 4.39 Å². The second-order valence-electron chi connectivity index (χ2n) is 6.94. The van der Waals surface area contributed by atoms with Crippen LogP contribution in [0.1, 0.15) is 5.82 Å². The fraction of sp³-hybridized carbons (Fsp3) is 0.273. The molecule has 2 aromatic carbocycles. The lowest BCUT2D eigenvalue weighted by atomic mass is 10.2. The highest BCUT2D eigenvalue weighted by atomic mass is 19.1. The minimum absolute atomic E-state index is 0.284. The first kappa shape index (κ1) is 19.0. The first-order valence-corrected chi connectivity index (χ1v) is 9.63. The second-order valence-corrected chi connectivity index (χ2v) is 6.94. The fourth-order valence-electron chi connectivity index (χ4n) is 3.56. The third-order valence-corrected chi connectivity index (χ3v) is 4.95. The van der Waals surface area contributed by atoms with Crippen molar-refractivity contribution in [2.75, 3.05) is 48.4 Å². The molecule has 1 N–H and O–H groups in total. The lowest BCUT2D eigenvalue weighted by molar-refractivity contribution is 0.413. The van der Waals surface area contributed by atoms with Crippen molar-refractivity contribution in [1.82, 2.24) is 9.97 Å². The monoisotopic (exact) mass is 393 g/mol. The van der Waals surface area contributed by atoms with E-state index in [-0.39, 0.29) is 5.82 Å². The quantitative estimate of drug-likeness (QED) is 0.707. The Kier molecular flexibility index (Phi) is 5.46. The zero-order chi connectivity index (χ0) is 20.2. The van der Waals surface area contributed by atoms with E-state index in [1.807, 2.05) is 37.3 Å². The van der Waals surface area contributed by atoms with Crippen LogP contribution in [-0.2, 0) is 0 Å². The van der Waals surface area contributed by atoms with Crippen LogP contribution in [-0.4, -0.2) is 43.3 Å². The summed E-state index contributed by atoms with van der Waals surface area (Å²) >= 11 is 0. The third-order valence-electron chi connectivity index (χ3n) is 4.95. The molecule has 1 fully saturated rings. The SMILES string of the molecule is COc1ccccc1N1CCN(c2cc(Nc3cccc(F)c3)nc(C)n2)CC1. The largest absolute Gasteiger partial charge is 0.495 e. The van der Waals surface area contributed by atoms with Crippen LogP contribution in [0.25, 0.3) is 0 Å². The van der Waals surface area contributed by atoms with E-state index in [4.69, 9.17) is 4.74 Å². The minimum Gasteiger partial charge on any atom is -0.495 e. The molecule has 3 aromatic rings. The molecule has 0 bridgehead atoms. The molecule has 4 rings (SSSR count). The normalized spacial score (nSPS) is 14.0. The summed E-state index contributed by atoms with van der Waals surface area (Å²) in [6, 6.07) is 16.3. The molecular formula is C22H24FN5O. The summed E-state index contributed by atoms with van der Waals surface area (Å²) in [5.74, 6) is 2.81. The summed E-state index contributed by atoms with van der Waals surface area (Å²) in [5, 5.41) is 3.17. The number of aryl methyl sites for hydroxylation is 1. The van der Waals surface area contributed by atoms with E-state index < -0.39 is 0 Å². The highest BCUT2D eigenvalue weighted by Gasteiger charge is 2.21. The Morgan fingerprint density at radius 2 is 1.69 bits per heavy atom. The van der Waals surface area contributed by atoms with Gasteiger partial charge >= 0.3 is 0 Å². The van der Waals surface area contributed by atoms with Crippen LogP contribution in [0.5, 0.6) is 5.75 Å². The van der Waals surface area contributed by atoms with Gasteiger partial charge in [-0.25, -0.2) is 14.4 Å². The van der Waals surface area contributed by atoms with Crippen molar-refractivity contribution in [2.45, 2.75) is 6.92 Å². The number of nitrogens with one attached hydrogen (secondary N) is 1. The van der Waals surface area contributed by atoms with Gasteiger partial charge in [0.15, 0.2) is 0 Å². The number of nitrogens with zero attached hydrogens (tertiary/aromatic N) is 4. The topological polar surface area (TPSA) is 53.5 Å². The van der Waals surface area contributed by atoms with Crippen molar-refractivity contribution in [3.8, 4) is 5.75 Å². The second kappa shape index (κ2) is 8.34. The fourth-order valence-corrected chi connectivity index (χ4v) is 3.56. The van der Waals surface area contributed by atoms with Crippen LogP contribution < -0.4 is 19.9 Å². The number of benzene rings is 2. The first-order chi connectivity index (χ1) is 14.1. The zero-order valence-electron chi connectivity index (χ0n) is 16.6. The van der Waals surface area contributed by atoms with Gasteiger partial charge in [0.2, 0.25) is 0 Å². The number of rotatable bonds is 5. The molecule has 1 aliphatic rings. The van der Waals surface area contributed by atoms with Crippen LogP contribution >= 0.6 is 0 Å². The molecule has 1 aliphatic heterocycles. The lowest BCUT2D eigenvalue weighted by Gasteiger charge is -2.37. The van der Waals surface area contributed by atoms with E-state index in [0.29, 0.717) is 17.3 Å². The minimum atomic E-state index is -0.284. The maximum atomic E-state index is 13.5. The molecule has 150 valence electrons. The molecule has 1 aromatic heterocycles. The van der Waals surface area contributed by atoms with Gasteiger partial charge in [0.1, 0.15) is 29.0 Å².